The van der Waals surface area contributed by atoms with E-state index in [0.29, 0.717) is 0 Å². The Hall–Kier alpha value is -1.16. The number of nitrogens with zero attached hydrogens (tertiary/aromatic N) is 3. The van der Waals surface area contributed by atoms with E-state index >= 15 is 0 Å². The average molecular weight is 178 g/mol. The van der Waals surface area contributed by atoms with Crippen LogP contribution in [0.3, 0.4) is 0 Å². The van der Waals surface area contributed by atoms with Gasteiger partial charge in [-0.05, 0) is 6.92 Å². The Morgan fingerprint density at radius 1 is 1.46 bits per heavy atom. The van der Waals surface area contributed by atoms with Crippen molar-refractivity contribution in [1.29, 1.82) is 0 Å². The Balaban J connectivity index is 2.18. The standard InChI is InChI=1S/C9H12N3O/c1-8-6-10-7-11-9(8)12-2-4-13-5-3-12/h6H,2-5H2,1H3. The van der Waals surface area contributed by atoms with Crippen LogP contribution >= 0.6 is 0 Å². The maximum atomic E-state index is 5.27. The van der Waals surface area contributed by atoms with Gasteiger partial charge in [-0.3, -0.25) is 0 Å². The quantitative estimate of drug-likeness (QED) is 0.624. The van der Waals surface area contributed by atoms with Gasteiger partial charge in [-0.2, -0.15) is 0 Å². The monoisotopic (exact) mass is 178 g/mol. The molecule has 1 radical (unpaired) electrons. The third-order valence-corrected chi connectivity index (χ3v) is 2.14. The molecule has 0 unspecified atom stereocenters. The Kier molecular flexibility index (Phi) is 2.40. The zero-order valence-electron chi connectivity index (χ0n) is 7.66. The van der Waals surface area contributed by atoms with Gasteiger partial charge in [-0.25, -0.2) is 9.97 Å². The van der Waals surface area contributed by atoms with Gasteiger partial charge in [-0.1, -0.05) is 0 Å². The highest BCUT2D eigenvalue weighted by Gasteiger charge is 2.13. The predicted octanol–water partition coefficient (Wildman–Crippen LogP) is 0.422. The Morgan fingerprint density at radius 2 is 2.23 bits per heavy atom. The van der Waals surface area contributed by atoms with Crippen LogP contribution in [0.15, 0.2) is 6.20 Å². The molecule has 1 fully saturated rings. The third-order valence-electron chi connectivity index (χ3n) is 2.14. The minimum absolute atomic E-state index is 0.781. The first-order chi connectivity index (χ1) is 6.38. The fourth-order valence-corrected chi connectivity index (χ4v) is 1.44. The molecule has 1 aromatic heterocycles. The molecule has 2 heterocycles. The van der Waals surface area contributed by atoms with Gasteiger partial charge < -0.3 is 9.64 Å². The molecule has 0 N–H and O–H groups in total. The molecule has 4 heteroatoms. The zero-order valence-corrected chi connectivity index (χ0v) is 7.66. The second kappa shape index (κ2) is 3.70. The number of morpholine rings is 1. The van der Waals surface area contributed by atoms with Crippen LogP contribution in [0.4, 0.5) is 5.82 Å². The molecule has 0 aromatic carbocycles. The van der Waals surface area contributed by atoms with Crippen LogP contribution in [0.1, 0.15) is 5.56 Å². The van der Waals surface area contributed by atoms with Crippen molar-refractivity contribution in [2.24, 2.45) is 0 Å². The molecule has 1 aliphatic heterocycles. The SMILES string of the molecule is Cc1cn[c]nc1N1CCOCC1. The van der Waals surface area contributed by atoms with Crippen LogP contribution < -0.4 is 4.90 Å². The number of aromatic nitrogens is 2. The smallest absolute Gasteiger partial charge is 0.199 e. The Morgan fingerprint density at radius 3 is 2.92 bits per heavy atom. The highest BCUT2D eigenvalue weighted by molar-refractivity contribution is 5.44. The van der Waals surface area contributed by atoms with E-state index in [-0.39, 0.29) is 0 Å². The van der Waals surface area contributed by atoms with E-state index < -0.39 is 0 Å². The molecule has 1 aliphatic rings. The summed E-state index contributed by atoms with van der Waals surface area (Å²) in [5.74, 6) is 0.985. The number of aryl methyl sites for hydroxylation is 1. The maximum Gasteiger partial charge on any atom is 0.199 e. The maximum absolute atomic E-state index is 5.27. The molecule has 13 heavy (non-hydrogen) atoms. The van der Waals surface area contributed by atoms with Crippen LogP contribution in [0, 0.1) is 13.3 Å². The number of rotatable bonds is 1. The zero-order chi connectivity index (χ0) is 9.10. The van der Waals surface area contributed by atoms with Crippen molar-refractivity contribution in [3.63, 3.8) is 0 Å². The molecule has 0 spiro atoms. The highest BCUT2D eigenvalue weighted by Crippen LogP contribution is 2.15. The molecule has 0 amide bonds. The van der Waals surface area contributed by atoms with Gasteiger partial charge in [0.1, 0.15) is 5.82 Å². The van der Waals surface area contributed by atoms with Gasteiger partial charge in [0.05, 0.1) is 13.2 Å². The van der Waals surface area contributed by atoms with Crippen molar-refractivity contribution >= 4 is 5.82 Å². The van der Waals surface area contributed by atoms with E-state index in [4.69, 9.17) is 4.74 Å². The van der Waals surface area contributed by atoms with Crippen molar-refractivity contribution in [2.75, 3.05) is 31.2 Å². The average Bonchev–Trinajstić information content (AvgIpc) is 2.20. The number of ether oxygens (including phenoxy) is 1. The summed E-state index contributed by atoms with van der Waals surface area (Å²) >= 11 is 0. The van der Waals surface area contributed by atoms with E-state index in [1.54, 1.807) is 6.20 Å². The lowest BCUT2D eigenvalue weighted by atomic mass is 10.3. The molecule has 0 bridgehead atoms. The Bertz CT molecular complexity index is 284. The van der Waals surface area contributed by atoms with Gasteiger partial charge >= 0.3 is 0 Å². The minimum Gasteiger partial charge on any atom is -0.378 e. The highest BCUT2D eigenvalue weighted by atomic mass is 16.5. The topological polar surface area (TPSA) is 38.2 Å². The Labute approximate surface area is 77.6 Å². The lowest BCUT2D eigenvalue weighted by Crippen LogP contribution is -2.37. The summed E-state index contributed by atoms with van der Waals surface area (Å²) in [5.41, 5.74) is 1.10. The predicted molar refractivity (Wildman–Crippen MR) is 48.6 cm³/mol. The fraction of sp³-hybridized carbons (Fsp3) is 0.556. The van der Waals surface area contributed by atoms with Gasteiger partial charge in [0.15, 0.2) is 6.33 Å². The number of hydrogen-bond acceptors (Lipinski definition) is 4. The molecule has 4 nitrogen and oxygen atoms in total. The van der Waals surface area contributed by atoms with E-state index in [1.807, 2.05) is 6.92 Å². The van der Waals surface area contributed by atoms with Crippen molar-refractivity contribution < 1.29 is 4.74 Å². The summed E-state index contributed by atoms with van der Waals surface area (Å²) in [6, 6.07) is 0. The minimum atomic E-state index is 0.781. The van der Waals surface area contributed by atoms with Gasteiger partial charge in [0.25, 0.3) is 0 Å². The van der Waals surface area contributed by atoms with Crippen molar-refractivity contribution in [2.45, 2.75) is 6.92 Å². The molecule has 1 saturated heterocycles. The van der Waals surface area contributed by atoms with Gasteiger partial charge in [-0.15, -0.1) is 0 Å². The largest absolute Gasteiger partial charge is 0.378 e. The van der Waals surface area contributed by atoms with Gasteiger partial charge in [0, 0.05) is 24.8 Å². The molecule has 0 atom stereocenters. The molecule has 2 rings (SSSR count). The second-order valence-electron chi connectivity index (χ2n) is 3.08. The summed E-state index contributed by atoms with van der Waals surface area (Å²) in [5, 5.41) is 0. The van der Waals surface area contributed by atoms with Crippen molar-refractivity contribution in [3.8, 4) is 0 Å². The van der Waals surface area contributed by atoms with Crippen molar-refractivity contribution in [1.82, 2.24) is 9.97 Å². The van der Waals surface area contributed by atoms with Crippen LogP contribution in [-0.2, 0) is 4.74 Å². The molecular weight excluding hydrogens is 166 g/mol. The molecule has 69 valence electrons. The molecule has 0 saturated carbocycles. The first-order valence-corrected chi connectivity index (χ1v) is 4.40. The molecular formula is C9H12N3O. The normalized spacial score (nSPS) is 17.5. The third kappa shape index (κ3) is 1.78. The second-order valence-corrected chi connectivity index (χ2v) is 3.08. The fourth-order valence-electron chi connectivity index (χ4n) is 1.44. The van der Waals surface area contributed by atoms with Crippen LogP contribution in [0.25, 0.3) is 0 Å². The number of anilines is 1. The van der Waals surface area contributed by atoms with Crippen molar-refractivity contribution in [3.05, 3.63) is 18.1 Å². The lowest BCUT2D eigenvalue weighted by molar-refractivity contribution is 0.122. The first-order valence-electron chi connectivity index (χ1n) is 4.40. The summed E-state index contributed by atoms with van der Waals surface area (Å²) < 4.78 is 5.27. The van der Waals surface area contributed by atoms with Crippen LogP contribution in [0.2, 0.25) is 0 Å². The summed E-state index contributed by atoms with van der Waals surface area (Å²) in [7, 11) is 0. The van der Waals surface area contributed by atoms with E-state index in [2.05, 4.69) is 21.2 Å². The van der Waals surface area contributed by atoms with Crippen LogP contribution in [0.5, 0.6) is 0 Å². The lowest BCUT2D eigenvalue weighted by Gasteiger charge is -2.28. The van der Waals surface area contributed by atoms with Gasteiger partial charge in [0.2, 0.25) is 0 Å². The van der Waals surface area contributed by atoms with E-state index in [0.717, 1.165) is 37.7 Å². The summed E-state index contributed by atoms with van der Waals surface area (Å²) in [6.45, 7) is 5.39. The first kappa shape index (κ1) is 8.44. The summed E-state index contributed by atoms with van der Waals surface area (Å²) in [6.07, 6.45) is 4.41. The van der Waals surface area contributed by atoms with E-state index in [1.165, 1.54) is 0 Å². The summed E-state index contributed by atoms with van der Waals surface area (Å²) in [4.78, 5) is 10.2. The number of hydrogen-bond donors (Lipinski definition) is 0. The van der Waals surface area contributed by atoms with Crippen LogP contribution in [-0.4, -0.2) is 36.3 Å². The molecule has 1 aromatic rings. The molecule has 0 aliphatic carbocycles. The van der Waals surface area contributed by atoms with E-state index in [9.17, 15) is 0 Å².